The van der Waals surface area contributed by atoms with Crippen molar-refractivity contribution in [1.82, 2.24) is 10.2 Å². The van der Waals surface area contributed by atoms with Gasteiger partial charge in [-0.3, -0.25) is 0 Å². The highest BCUT2D eigenvalue weighted by Gasteiger charge is 2.01. The van der Waals surface area contributed by atoms with Crippen LogP contribution in [0.5, 0.6) is 0 Å². The molecule has 114 valence electrons. The first-order valence-corrected chi connectivity index (χ1v) is 8.17. The molecule has 0 saturated heterocycles. The zero-order valence-electron chi connectivity index (χ0n) is 13.6. The fraction of sp³-hybridized carbons (Fsp3) is 0.667. The first-order valence-electron chi connectivity index (χ1n) is 8.17. The standard InChI is InChI=1S/C18H32N2/c1-4-5-6-7-8-15-20(3)16-18-11-9-17(10-12-18)13-14-19-2/h9-12,19H,4-8,13-16H2,1-3H3. The van der Waals surface area contributed by atoms with Crippen LogP contribution in [0.3, 0.4) is 0 Å². The molecule has 0 radical (unpaired) electrons. The first kappa shape index (κ1) is 17.2. The number of hydrogen-bond acceptors (Lipinski definition) is 2. The normalized spacial score (nSPS) is 11.2. The molecule has 0 saturated carbocycles. The number of nitrogens with one attached hydrogen (secondary N) is 1. The van der Waals surface area contributed by atoms with Gasteiger partial charge in [-0.05, 0) is 51.2 Å². The van der Waals surface area contributed by atoms with Gasteiger partial charge in [0.05, 0.1) is 0 Å². The minimum absolute atomic E-state index is 1.05. The van der Waals surface area contributed by atoms with Gasteiger partial charge in [0.2, 0.25) is 0 Å². The molecule has 0 spiro atoms. The van der Waals surface area contributed by atoms with Gasteiger partial charge in [-0.2, -0.15) is 0 Å². The molecule has 2 heteroatoms. The summed E-state index contributed by atoms with van der Waals surface area (Å²) in [4.78, 5) is 2.44. The van der Waals surface area contributed by atoms with Crippen LogP contribution < -0.4 is 5.32 Å². The van der Waals surface area contributed by atoms with Crippen molar-refractivity contribution in [3.63, 3.8) is 0 Å². The minimum atomic E-state index is 1.05. The second-order valence-corrected chi connectivity index (χ2v) is 5.82. The first-order chi connectivity index (χ1) is 9.76. The van der Waals surface area contributed by atoms with E-state index in [0.717, 1.165) is 19.5 Å². The highest BCUT2D eigenvalue weighted by atomic mass is 15.1. The smallest absolute Gasteiger partial charge is 0.0230 e. The van der Waals surface area contributed by atoms with E-state index in [0.29, 0.717) is 0 Å². The molecule has 20 heavy (non-hydrogen) atoms. The summed E-state index contributed by atoms with van der Waals surface area (Å²) >= 11 is 0. The Hall–Kier alpha value is -0.860. The number of benzene rings is 1. The topological polar surface area (TPSA) is 15.3 Å². The van der Waals surface area contributed by atoms with E-state index in [4.69, 9.17) is 0 Å². The molecule has 2 nitrogen and oxygen atoms in total. The lowest BCUT2D eigenvalue weighted by Gasteiger charge is -2.16. The highest BCUT2D eigenvalue weighted by Crippen LogP contribution is 2.09. The average Bonchev–Trinajstić information content (AvgIpc) is 2.46. The molecule has 0 aliphatic heterocycles. The Bertz CT molecular complexity index is 332. The molecule has 0 atom stereocenters. The van der Waals surface area contributed by atoms with Crippen LogP contribution >= 0.6 is 0 Å². The van der Waals surface area contributed by atoms with E-state index in [1.54, 1.807) is 0 Å². The van der Waals surface area contributed by atoms with Crippen molar-refractivity contribution in [2.45, 2.75) is 52.0 Å². The molecule has 0 aliphatic rings. The molecule has 1 rings (SSSR count). The maximum atomic E-state index is 3.19. The Balaban J connectivity index is 2.22. The number of rotatable bonds is 11. The van der Waals surface area contributed by atoms with Crippen molar-refractivity contribution in [3.8, 4) is 0 Å². The third-order valence-corrected chi connectivity index (χ3v) is 3.78. The molecule has 0 unspecified atom stereocenters. The number of hydrogen-bond donors (Lipinski definition) is 1. The van der Waals surface area contributed by atoms with E-state index in [-0.39, 0.29) is 0 Å². The number of unbranched alkanes of at least 4 members (excludes halogenated alkanes) is 4. The van der Waals surface area contributed by atoms with Crippen LogP contribution in [0.15, 0.2) is 24.3 Å². The lowest BCUT2D eigenvalue weighted by atomic mass is 10.1. The molecule has 1 aromatic rings. The third-order valence-electron chi connectivity index (χ3n) is 3.78. The van der Waals surface area contributed by atoms with Gasteiger partial charge in [-0.15, -0.1) is 0 Å². The average molecular weight is 276 g/mol. The Kier molecular flexibility index (Phi) is 9.35. The van der Waals surface area contributed by atoms with Crippen LogP contribution in [0.25, 0.3) is 0 Å². The lowest BCUT2D eigenvalue weighted by molar-refractivity contribution is 0.316. The minimum Gasteiger partial charge on any atom is -0.319 e. The molecular weight excluding hydrogens is 244 g/mol. The monoisotopic (exact) mass is 276 g/mol. The van der Waals surface area contributed by atoms with Crippen molar-refractivity contribution in [1.29, 1.82) is 0 Å². The van der Waals surface area contributed by atoms with Crippen molar-refractivity contribution < 1.29 is 0 Å². The molecule has 1 N–H and O–H groups in total. The number of likely N-dealkylation sites (N-methyl/N-ethyl adjacent to an activating group) is 1. The summed E-state index contributed by atoms with van der Waals surface area (Å²) in [6.07, 6.45) is 7.93. The van der Waals surface area contributed by atoms with E-state index in [1.165, 1.54) is 49.8 Å². The molecular formula is C18H32N2. The Morgan fingerprint density at radius 3 is 2.25 bits per heavy atom. The molecule has 0 amide bonds. The fourth-order valence-corrected chi connectivity index (χ4v) is 2.46. The van der Waals surface area contributed by atoms with Gasteiger partial charge in [-0.25, -0.2) is 0 Å². The van der Waals surface area contributed by atoms with Crippen LogP contribution in [0.2, 0.25) is 0 Å². The van der Waals surface area contributed by atoms with E-state index < -0.39 is 0 Å². The second-order valence-electron chi connectivity index (χ2n) is 5.82. The highest BCUT2D eigenvalue weighted by molar-refractivity contribution is 5.22. The molecule has 0 aromatic heterocycles. The SMILES string of the molecule is CCCCCCCN(C)Cc1ccc(CCNC)cc1. The van der Waals surface area contributed by atoms with E-state index >= 15 is 0 Å². The lowest BCUT2D eigenvalue weighted by Crippen LogP contribution is -2.19. The van der Waals surface area contributed by atoms with Gasteiger partial charge in [0.1, 0.15) is 0 Å². The Morgan fingerprint density at radius 2 is 1.60 bits per heavy atom. The summed E-state index contributed by atoms with van der Waals surface area (Å²) in [6, 6.07) is 9.08. The zero-order chi connectivity index (χ0) is 14.6. The molecule has 0 bridgehead atoms. The quantitative estimate of drug-likeness (QED) is 0.618. The largest absolute Gasteiger partial charge is 0.319 e. The van der Waals surface area contributed by atoms with Gasteiger partial charge < -0.3 is 10.2 Å². The zero-order valence-corrected chi connectivity index (χ0v) is 13.6. The summed E-state index contributed by atoms with van der Waals surface area (Å²) in [5.74, 6) is 0. The summed E-state index contributed by atoms with van der Waals surface area (Å²) in [6.45, 7) is 5.61. The van der Waals surface area contributed by atoms with E-state index in [2.05, 4.69) is 48.5 Å². The summed E-state index contributed by atoms with van der Waals surface area (Å²) in [7, 11) is 4.23. The van der Waals surface area contributed by atoms with E-state index in [1.807, 2.05) is 7.05 Å². The van der Waals surface area contributed by atoms with Crippen molar-refractivity contribution in [3.05, 3.63) is 35.4 Å². The maximum absolute atomic E-state index is 3.19. The summed E-state index contributed by atoms with van der Waals surface area (Å²) < 4.78 is 0. The van der Waals surface area contributed by atoms with Gasteiger partial charge in [0, 0.05) is 6.54 Å². The molecule has 0 heterocycles. The van der Waals surface area contributed by atoms with Crippen molar-refractivity contribution in [2.75, 3.05) is 27.2 Å². The van der Waals surface area contributed by atoms with E-state index in [9.17, 15) is 0 Å². The van der Waals surface area contributed by atoms with Gasteiger partial charge in [-0.1, -0.05) is 56.9 Å². The van der Waals surface area contributed by atoms with Crippen LogP contribution in [-0.2, 0) is 13.0 Å². The van der Waals surface area contributed by atoms with Crippen LogP contribution in [-0.4, -0.2) is 32.1 Å². The predicted octanol–water partition coefficient (Wildman–Crippen LogP) is 3.85. The molecule has 1 aromatic carbocycles. The van der Waals surface area contributed by atoms with Gasteiger partial charge in [0.15, 0.2) is 0 Å². The Labute approximate surface area is 125 Å². The fourth-order valence-electron chi connectivity index (χ4n) is 2.46. The van der Waals surface area contributed by atoms with Crippen LogP contribution in [0.1, 0.15) is 50.2 Å². The van der Waals surface area contributed by atoms with Gasteiger partial charge >= 0.3 is 0 Å². The molecule has 0 aliphatic carbocycles. The van der Waals surface area contributed by atoms with Crippen LogP contribution in [0.4, 0.5) is 0 Å². The second kappa shape index (κ2) is 10.9. The van der Waals surface area contributed by atoms with Crippen LogP contribution in [0, 0.1) is 0 Å². The van der Waals surface area contributed by atoms with Gasteiger partial charge in [0.25, 0.3) is 0 Å². The third kappa shape index (κ3) is 7.66. The summed E-state index contributed by atoms with van der Waals surface area (Å²) in [5.41, 5.74) is 2.85. The summed E-state index contributed by atoms with van der Waals surface area (Å²) in [5, 5.41) is 3.19. The Morgan fingerprint density at radius 1 is 0.950 bits per heavy atom. The van der Waals surface area contributed by atoms with Crippen molar-refractivity contribution >= 4 is 0 Å². The number of nitrogens with zero attached hydrogens (tertiary/aromatic N) is 1. The predicted molar refractivity (Wildman–Crippen MR) is 89.2 cm³/mol. The van der Waals surface area contributed by atoms with Crippen molar-refractivity contribution in [2.24, 2.45) is 0 Å². The maximum Gasteiger partial charge on any atom is 0.0230 e. The molecule has 0 fully saturated rings.